The minimum absolute atomic E-state index is 0.728. The van der Waals surface area contributed by atoms with E-state index in [0.717, 1.165) is 18.5 Å². The fourth-order valence-electron chi connectivity index (χ4n) is 1.55. The van der Waals surface area contributed by atoms with Gasteiger partial charge in [0.25, 0.3) is 0 Å². The van der Waals surface area contributed by atoms with Gasteiger partial charge in [-0.3, -0.25) is 0 Å². The zero-order chi connectivity index (χ0) is 12.3. The summed E-state index contributed by atoms with van der Waals surface area (Å²) in [5.41, 5.74) is 0. The third kappa shape index (κ3) is 6.65. The van der Waals surface area contributed by atoms with E-state index in [9.17, 15) is 0 Å². The predicted octanol–water partition coefficient (Wildman–Crippen LogP) is 4.99. The van der Waals surface area contributed by atoms with Crippen LogP contribution < -0.4 is 4.52 Å². The zero-order valence-corrected chi connectivity index (χ0v) is 11.8. The van der Waals surface area contributed by atoms with E-state index in [-0.39, 0.29) is 0 Å². The summed E-state index contributed by atoms with van der Waals surface area (Å²) in [6.45, 7) is 4.98. The molecule has 0 saturated heterocycles. The molecule has 96 valence electrons. The zero-order valence-electron chi connectivity index (χ0n) is 10.9. The van der Waals surface area contributed by atoms with Crippen LogP contribution in [-0.2, 0) is 4.52 Å². The van der Waals surface area contributed by atoms with Crippen LogP contribution in [0.3, 0.4) is 0 Å². The topological polar surface area (TPSA) is 18.5 Å². The normalized spacial score (nSPS) is 12.4. The van der Waals surface area contributed by atoms with Crippen LogP contribution in [-0.4, -0.2) is 12.8 Å². The maximum absolute atomic E-state index is 5.88. The summed E-state index contributed by atoms with van der Waals surface area (Å²) in [7, 11) is -0.754. The summed E-state index contributed by atoms with van der Waals surface area (Å²) < 4.78 is 11.5. The van der Waals surface area contributed by atoms with Gasteiger partial charge in [0.2, 0.25) is 8.38 Å². The molecule has 2 nitrogen and oxygen atoms in total. The third-order valence-corrected chi connectivity index (χ3v) is 4.06. The van der Waals surface area contributed by atoms with Crippen LogP contribution in [0.25, 0.3) is 0 Å². The van der Waals surface area contributed by atoms with Gasteiger partial charge in [-0.05, 0) is 25.5 Å². The molecule has 17 heavy (non-hydrogen) atoms. The molecule has 0 saturated carbocycles. The largest absolute Gasteiger partial charge is 0.447 e. The molecule has 1 rings (SSSR count). The number of hydrogen-bond donors (Lipinski definition) is 0. The van der Waals surface area contributed by atoms with Crippen molar-refractivity contribution in [3.05, 3.63) is 30.3 Å². The first kappa shape index (κ1) is 14.5. The standard InChI is InChI=1S/C14H23O2P/c1-3-5-6-10-13-17(15-4-2)16-14-11-8-7-9-12-14/h7-9,11-12H,3-6,10,13H2,1-2H3. The first-order chi connectivity index (χ1) is 8.36. The fourth-order valence-corrected chi connectivity index (χ4v) is 2.95. The molecular formula is C14H23O2P. The minimum Gasteiger partial charge on any atom is -0.447 e. The molecule has 0 fully saturated rings. The SMILES string of the molecule is CCCCCCP(OCC)Oc1ccccc1. The average molecular weight is 254 g/mol. The van der Waals surface area contributed by atoms with Crippen LogP contribution in [0.15, 0.2) is 30.3 Å². The summed E-state index contributed by atoms with van der Waals surface area (Å²) in [4.78, 5) is 0. The van der Waals surface area contributed by atoms with Gasteiger partial charge in [-0.25, -0.2) is 0 Å². The number of unbranched alkanes of at least 4 members (excludes halogenated alkanes) is 3. The highest BCUT2D eigenvalue weighted by molar-refractivity contribution is 7.47. The maximum Gasteiger partial charge on any atom is 0.230 e. The van der Waals surface area contributed by atoms with E-state index in [4.69, 9.17) is 9.05 Å². The Morgan fingerprint density at radius 2 is 1.76 bits per heavy atom. The molecule has 0 aliphatic carbocycles. The Labute approximate surface area is 106 Å². The fraction of sp³-hybridized carbons (Fsp3) is 0.571. The van der Waals surface area contributed by atoms with E-state index < -0.39 is 8.38 Å². The molecule has 0 radical (unpaired) electrons. The molecule has 0 heterocycles. The lowest BCUT2D eigenvalue weighted by molar-refractivity contribution is 0.332. The third-order valence-electron chi connectivity index (χ3n) is 2.42. The molecule has 0 aliphatic rings. The Hall–Kier alpha value is -0.590. The molecule has 0 bridgehead atoms. The van der Waals surface area contributed by atoms with Crippen LogP contribution in [0, 0.1) is 0 Å². The summed E-state index contributed by atoms with van der Waals surface area (Å²) in [5.74, 6) is 0.919. The average Bonchev–Trinajstić information content (AvgIpc) is 2.36. The van der Waals surface area contributed by atoms with Gasteiger partial charge in [-0.15, -0.1) is 0 Å². The van der Waals surface area contributed by atoms with Gasteiger partial charge in [0.05, 0.1) is 6.61 Å². The summed E-state index contributed by atoms with van der Waals surface area (Å²) >= 11 is 0. The number of benzene rings is 1. The van der Waals surface area contributed by atoms with Gasteiger partial charge in [-0.1, -0.05) is 44.4 Å². The van der Waals surface area contributed by atoms with Gasteiger partial charge in [0, 0.05) is 6.16 Å². The van der Waals surface area contributed by atoms with Crippen molar-refractivity contribution in [2.45, 2.75) is 39.5 Å². The van der Waals surface area contributed by atoms with Crippen molar-refractivity contribution in [3.8, 4) is 5.75 Å². The quantitative estimate of drug-likeness (QED) is 0.456. The second-order valence-corrected chi connectivity index (χ2v) is 5.49. The highest BCUT2D eigenvalue weighted by Gasteiger charge is 2.11. The molecule has 1 atom stereocenters. The van der Waals surface area contributed by atoms with Gasteiger partial charge in [-0.2, -0.15) is 0 Å². The Balaban J connectivity index is 2.32. The Bertz CT molecular complexity index is 277. The molecule has 1 aromatic carbocycles. The summed E-state index contributed by atoms with van der Waals surface area (Å²) in [5, 5.41) is 0. The van der Waals surface area contributed by atoms with E-state index in [1.165, 1.54) is 25.7 Å². The van der Waals surface area contributed by atoms with E-state index >= 15 is 0 Å². The van der Waals surface area contributed by atoms with Gasteiger partial charge in [0.15, 0.2) is 0 Å². The second kappa shape index (κ2) is 9.44. The molecule has 3 heteroatoms. The van der Waals surface area contributed by atoms with Crippen molar-refractivity contribution in [2.24, 2.45) is 0 Å². The molecule has 0 spiro atoms. The Kier molecular flexibility index (Phi) is 8.04. The van der Waals surface area contributed by atoms with Crippen LogP contribution in [0.4, 0.5) is 0 Å². The molecular weight excluding hydrogens is 231 g/mol. The molecule has 0 amide bonds. The van der Waals surface area contributed by atoms with Crippen molar-refractivity contribution in [1.29, 1.82) is 0 Å². The van der Waals surface area contributed by atoms with Crippen LogP contribution in [0.2, 0.25) is 0 Å². The predicted molar refractivity (Wildman–Crippen MR) is 74.6 cm³/mol. The van der Waals surface area contributed by atoms with Crippen molar-refractivity contribution in [2.75, 3.05) is 12.8 Å². The van der Waals surface area contributed by atoms with Gasteiger partial charge >= 0.3 is 0 Å². The molecule has 0 N–H and O–H groups in total. The van der Waals surface area contributed by atoms with Gasteiger partial charge in [0.1, 0.15) is 5.75 Å². The highest BCUT2D eigenvalue weighted by Crippen LogP contribution is 2.40. The van der Waals surface area contributed by atoms with Crippen molar-refractivity contribution < 1.29 is 9.05 Å². The van der Waals surface area contributed by atoms with E-state index in [1.807, 2.05) is 37.3 Å². The van der Waals surface area contributed by atoms with Crippen LogP contribution >= 0.6 is 8.38 Å². The van der Waals surface area contributed by atoms with Crippen LogP contribution in [0.5, 0.6) is 5.75 Å². The van der Waals surface area contributed by atoms with Crippen molar-refractivity contribution >= 4 is 8.38 Å². The lowest BCUT2D eigenvalue weighted by Crippen LogP contribution is -1.97. The van der Waals surface area contributed by atoms with Gasteiger partial charge < -0.3 is 9.05 Å². The first-order valence-corrected chi connectivity index (χ1v) is 7.86. The number of rotatable bonds is 9. The summed E-state index contributed by atoms with van der Waals surface area (Å²) in [6.07, 6.45) is 6.09. The molecule has 1 unspecified atom stereocenters. The lowest BCUT2D eigenvalue weighted by Gasteiger charge is -2.17. The molecule has 0 aliphatic heterocycles. The van der Waals surface area contributed by atoms with Crippen LogP contribution in [0.1, 0.15) is 39.5 Å². The minimum atomic E-state index is -0.754. The van der Waals surface area contributed by atoms with Crippen molar-refractivity contribution in [3.63, 3.8) is 0 Å². The summed E-state index contributed by atoms with van der Waals surface area (Å²) in [6, 6.07) is 9.95. The highest BCUT2D eigenvalue weighted by atomic mass is 31.2. The monoisotopic (exact) mass is 254 g/mol. The van der Waals surface area contributed by atoms with Crippen molar-refractivity contribution in [1.82, 2.24) is 0 Å². The number of para-hydroxylation sites is 1. The lowest BCUT2D eigenvalue weighted by atomic mass is 10.2. The van der Waals surface area contributed by atoms with E-state index in [1.54, 1.807) is 0 Å². The Morgan fingerprint density at radius 1 is 1.00 bits per heavy atom. The van der Waals surface area contributed by atoms with E-state index in [2.05, 4.69) is 6.92 Å². The second-order valence-electron chi connectivity index (χ2n) is 3.94. The Morgan fingerprint density at radius 3 is 2.41 bits per heavy atom. The molecule has 1 aromatic rings. The maximum atomic E-state index is 5.88. The number of hydrogen-bond acceptors (Lipinski definition) is 2. The van der Waals surface area contributed by atoms with E-state index in [0.29, 0.717) is 0 Å². The first-order valence-electron chi connectivity index (χ1n) is 6.50. The molecule has 0 aromatic heterocycles. The smallest absolute Gasteiger partial charge is 0.230 e.